The van der Waals surface area contributed by atoms with Crippen LogP contribution < -0.4 is 0 Å². The molecule has 8 N–H and O–H groups in total. The Bertz CT molecular complexity index is 393. The third kappa shape index (κ3) is 3.50. The fourth-order valence-electron chi connectivity index (χ4n) is 2.53. The van der Waals surface area contributed by atoms with Crippen molar-refractivity contribution in [3.8, 4) is 0 Å². The van der Waals surface area contributed by atoms with Gasteiger partial charge >= 0.3 is 0 Å². The second-order valence-electron chi connectivity index (χ2n) is 5.63. The second-order valence-corrected chi connectivity index (χ2v) is 5.63. The van der Waals surface area contributed by atoms with Crippen LogP contribution in [0.2, 0.25) is 0 Å². The van der Waals surface area contributed by atoms with E-state index < -0.39 is 74.6 Å². The van der Waals surface area contributed by atoms with Crippen molar-refractivity contribution in [2.24, 2.45) is 0 Å². The molecule has 2 aliphatic heterocycles. The number of hydrogen-bond acceptors (Lipinski definition) is 11. The Morgan fingerprint density at radius 3 is 2.04 bits per heavy atom. The summed E-state index contributed by atoms with van der Waals surface area (Å²) >= 11 is 0. The standard InChI is InChI=1S/C12H22O11/c13-1-4-6(15)8(17)9(18)11(22-4)21-2-5-7(16)10(19)12(20,3-14)23-5/h4-11,13-20H,1-3H2/t4-,5-,6-,7-,8+,9-,10+,11-,12+/m1/s1. The average Bonchev–Trinajstić information content (AvgIpc) is 2.77. The molecule has 0 saturated carbocycles. The molecule has 0 aromatic heterocycles. The largest absolute Gasteiger partial charge is 0.394 e. The summed E-state index contributed by atoms with van der Waals surface area (Å²) in [6, 6.07) is 0. The minimum Gasteiger partial charge on any atom is -0.394 e. The van der Waals surface area contributed by atoms with Gasteiger partial charge in [-0.1, -0.05) is 0 Å². The zero-order chi connectivity index (χ0) is 17.4. The van der Waals surface area contributed by atoms with Gasteiger partial charge in [-0.3, -0.25) is 0 Å². The Morgan fingerprint density at radius 2 is 1.52 bits per heavy atom. The molecule has 136 valence electrons. The van der Waals surface area contributed by atoms with E-state index in [1.54, 1.807) is 0 Å². The van der Waals surface area contributed by atoms with Crippen molar-refractivity contribution >= 4 is 0 Å². The lowest BCUT2D eigenvalue weighted by Gasteiger charge is -2.39. The van der Waals surface area contributed by atoms with E-state index in [1.807, 2.05) is 0 Å². The van der Waals surface area contributed by atoms with Crippen LogP contribution in [0.3, 0.4) is 0 Å². The molecule has 0 aliphatic carbocycles. The average molecular weight is 342 g/mol. The van der Waals surface area contributed by atoms with Crippen LogP contribution in [0.5, 0.6) is 0 Å². The molecule has 2 rings (SSSR count). The van der Waals surface area contributed by atoms with E-state index in [0.29, 0.717) is 0 Å². The van der Waals surface area contributed by atoms with Crippen LogP contribution in [0.15, 0.2) is 0 Å². The Balaban J connectivity index is 1.95. The summed E-state index contributed by atoms with van der Waals surface area (Å²) in [7, 11) is 0. The zero-order valence-corrected chi connectivity index (χ0v) is 12.0. The van der Waals surface area contributed by atoms with Crippen LogP contribution in [0.25, 0.3) is 0 Å². The predicted octanol–water partition coefficient (Wildman–Crippen LogP) is -5.40. The van der Waals surface area contributed by atoms with Gasteiger partial charge in [-0.15, -0.1) is 0 Å². The van der Waals surface area contributed by atoms with Crippen molar-refractivity contribution in [2.45, 2.75) is 54.8 Å². The highest BCUT2D eigenvalue weighted by Crippen LogP contribution is 2.30. The molecule has 2 heterocycles. The number of ether oxygens (including phenoxy) is 3. The second kappa shape index (κ2) is 7.21. The maximum atomic E-state index is 9.78. The first-order chi connectivity index (χ1) is 10.7. The molecule has 23 heavy (non-hydrogen) atoms. The fourth-order valence-corrected chi connectivity index (χ4v) is 2.53. The highest BCUT2D eigenvalue weighted by Gasteiger charge is 2.53. The van der Waals surface area contributed by atoms with Gasteiger partial charge in [-0.05, 0) is 0 Å². The summed E-state index contributed by atoms with van der Waals surface area (Å²) in [5, 5.41) is 76.1. The Hall–Kier alpha value is -0.440. The van der Waals surface area contributed by atoms with Gasteiger partial charge in [-0.25, -0.2) is 0 Å². The van der Waals surface area contributed by atoms with Gasteiger partial charge in [0.1, 0.15) is 42.7 Å². The number of aliphatic hydroxyl groups excluding tert-OH is 7. The molecule has 2 aliphatic rings. The maximum Gasteiger partial charge on any atom is 0.219 e. The van der Waals surface area contributed by atoms with Gasteiger partial charge in [0.2, 0.25) is 5.79 Å². The number of hydrogen-bond donors (Lipinski definition) is 8. The summed E-state index contributed by atoms with van der Waals surface area (Å²) in [4.78, 5) is 0. The van der Waals surface area contributed by atoms with Crippen LogP contribution in [-0.4, -0.2) is 115 Å². The van der Waals surface area contributed by atoms with Crippen molar-refractivity contribution in [2.75, 3.05) is 19.8 Å². The van der Waals surface area contributed by atoms with Crippen LogP contribution in [0.1, 0.15) is 0 Å². The van der Waals surface area contributed by atoms with Crippen LogP contribution >= 0.6 is 0 Å². The molecule has 0 aromatic carbocycles. The lowest BCUT2D eigenvalue weighted by molar-refractivity contribution is -0.310. The summed E-state index contributed by atoms with van der Waals surface area (Å²) in [6.07, 6.45) is -12.0. The van der Waals surface area contributed by atoms with E-state index >= 15 is 0 Å². The van der Waals surface area contributed by atoms with Crippen LogP contribution in [0.4, 0.5) is 0 Å². The number of rotatable bonds is 5. The van der Waals surface area contributed by atoms with E-state index in [2.05, 4.69) is 0 Å². The summed E-state index contributed by atoms with van der Waals surface area (Å²) in [5.74, 6) is -2.34. The lowest BCUT2D eigenvalue weighted by Crippen LogP contribution is -2.59. The monoisotopic (exact) mass is 342 g/mol. The molecular weight excluding hydrogens is 320 g/mol. The highest BCUT2D eigenvalue weighted by molar-refractivity contribution is 4.95. The normalized spacial score (nSPS) is 51.1. The van der Waals surface area contributed by atoms with Gasteiger partial charge in [0, 0.05) is 0 Å². The third-order valence-electron chi connectivity index (χ3n) is 4.02. The molecule has 0 unspecified atom stereocenters. The predicted molar refractivity (Wildman–Crippen MR) is 68.6 cm³/mol. The molecule has 2 fully saturated rings. The smallest absolute Gasteiger partial charge is 0.219 e. The summed E-state index contributed by atoms with van der Waals surface area (Å²) in [6.45, 7) is -2.05. The minimum absolute atomic E-state index is 0.469. The van der Waals surface area contributed by atoms with Gasteiger partial charge in [0.05, 0.1) is 19.8 Å². The first kappa shape index (κ1) is 18.9. The minimum atomic E-state index is -2.34. The van der Waals surface area contributed by atoms with Crippen molar-refractivity contribution in [1.82, 2.24) is 0 Å². The zero-order valence-electron chi connectivity index (χ0n) is 12.0. The van der Waals surface area contributed by atoms with E-state index in [-0.39, 0.29) is 0 Å². The SMILES string of the molecule is OC[C@H]1O[C@@H](OC[C@H]2O[C@@](O)(CO)[C@@H](O)[C@@H]2O)[C@H](O)[C@@H](O)[C@@H]1O. The number of aliphatic hydroxyl groups is 8. The molecule has 9 atom stereocenters. The third-order valence-corrected chi connectivity index (χ3v) is 4.02. The summed E-state index contributed by atoms with van der Waals surface area (Å²) < 4.78 is 15.2. The molecule has 0 aromatic rings. The Morgan fingerprint density at radius 1 is 0.870 bits per heavy atom. The quantitative estimate of drug-likeness (QED) is 0.238. The first-order valence-electron chi connectivity index (χ1n) is 7.04. The first-order valence-corrected chi connectivity index (χ1v) is 7.04. The maximum absolute atomic E-state index is 9.78. The lowest BCUT2D eigenvalue weighted by atomic mass is 9.99. The van der Waals surface area contributed by atoms with Gasteiger partial charge in [0.25, 0.3) is 0 Å². The molecule has 2 saturated heterocycles. The van der Waals surface area contributed by atoms with Crippen LogP contribution in [0, 0.1) is 0 Å². The molecule has 0 spiro atoms. The van der Waals surface area contributed by atoms with Crippen molar-refractivity contribution in [1.29, 1.82) is 0 Å². The van der Waals surface area contributed by atoms with Gasteiger partial charge < -0.3 is 55.1 Å². The Labute approximate surface area is 130 Å². The van der Waals surface area contributed by atoms with Crippen molar-refractivity contribution in [3.63, 3.8) is 0 Å². The van der Waals surface area contributed by atoms with E-state index in [4.69, 9.17) is 24.4 Å². The van der Waals surface area contributed by atoms with E-state index in [9.17, 15) is 30.6 Å². The molecule has 0 radical (unpaired) electrons. The molecule has 11 heteroatoms. The Kier molecular flexibility index (Phi) is 5.92. The van der Waals surface area contributed by atoms with Crippen molar-refractivity contribution < 1.29 is 55.1 Å². The van der Waals surface area contributed by atoms with Crippen LogP contribution in [-0.2, 0) is 14.2 Å². The van der Waals surface area contributed by atoms with Gasteiger partial charge in [-0.2, -0.15) is 0 Å². The molecular formula is C12H22O11. The topological polar surface area (TPSA) is 190 Å². The van der Waals surface area contributed by atoms with E-state index in [0.717, 1.165) is 0 Å². The molecule has 0 bridgehead atoms. The molecule has 11 nitrogen and oxygen atoms in total. The summed E-state index contributed by atoms with van der Waals surface area (Å²) in [5.41, 5.74) is 0. The molecule has 0 amide bonds. The highest BCUT2D eigenvalue weighted by atomic mass is 16.7. The van der Waals surface area contributed by atoms with E-state index in [1.165, 1.54) is 0 Å². The fraction of sp³-hybridized carbons (Fsp3) is 1.00. The van der Waals surface area contributed by atoms with Crippen molar-refractivity contribution in [3.05, 3.63) is 0 Å². The van der Waals surface area contributed by atoms with Gasteiger partial charge in [0.15, 0.2) is 6.29 Å².